The van der Waals surface area contributed by atoms with Crippen molar-refractivity contribution < 1.29 is 0 Å². The van der Waals surface area contributed by atoms with E-state index in [4.69, 9.17) is 0 Å². The summed E-state index contributed by atoms with van der Waals surface area (Å²) >= 11 is 3.20. The molecule has 21 heavy (non-hydrogen) atoms. The standard InChI is InChI=1S/C14H11N5S2/c1-2-4-10-9(3-1)11(18-13-15-5-7-20-13)17-12(10)19-14-16-6-8-21-14/h1-5,7H,6,8H2,(H,15,16,17,18,19). The largest absolute Gasteiger partial charge is 0.324 e. The highest BCUT2D eigenvalue weighted by Gasteiger charge is 2.24. The predicted molar refractivity (Wildman–Crippen MR) is 89.2 cm³/mol. The van der Waals surface area contributed by atoms with Crippen molar-refractivity contribution in [3.05, 3.63) is 47.0 Å². The van der Waals surface area contributed by atoms with Gasteiger partial charge >= 0.3 is 0 Å². The van der Waals surface area contributed by atoms with Crippen LogP contribution >= 0.6 is 23.1 Å². The smallest absolute Gasteiger partial charge is 0.211 e. The molecule has 3 heterocycles. The van der Waals surface area contributed by atoms with Crippen LogP contribution in [0.3, 0.4) is 0 Å². The van der Waals surface area contributed by atoms with Gasteiger partial charge in [-0.1, -0.05) is 36.0 Å². The van der Waals surface area contributed by atoms with Gasteiger partial charge < -0.3 is 5.32 Å². The molecule has 0 fully saturated rings. The summed E-state index contributed by atoms with van der Waals surface area (Å²) in [5, 5.41) is 6.78. The summed E-state index contributed by atoms with van der Waals surface area (Å²) in [4.78, 5) is 17.8. The van der Waals surface area contributed by atoms with Crippen LogP contribution in [0.2, 0.25) is 0 Å². The second kappa shape index (κ2) is 5.42. The van der Waals surface area contributed by atoms with Crippen molar-refractivity contribution in [1.29, 1.82) is 0 Å². The number of amidine groups is 3. The van der Waals surface area contributed by atoms with Crippen LogP contribution < -0.4 is 5.32 Å². The van der Waals surface area contributed by atoms with Gasteiger partial charge in [0.15, 0.2) is 5.17 Å². The van der Waals surface area contributed by atoms with Gasteiger partial charge in [-0.25, -0.2) is 15.0 Å². The zero-order chi connectivity index (χ0) is 14.1. The molecule has 1 aromatic carbocycles. The molecule has 0 saturated carbocycles. The zero-order valence-electron chi connectivity index (χ0n) is 11.0. The molecule has 0 spiro atoms. The second-order valence-corrected chi connectivity index (χ2v) is 6.35. The fourth-order valence-electron chi connectivity index (χ4n) is 2.17. The highest BCUT2D eigenvalue weighted by atomic mass is 32.2. The van der Waals surface area contributed by atoms with Gasteiger partial charge in [0.1, 0.15) is 11.7 Å². The maximum Gasteiger partial charge on any atom is 0.211 e. The van der Waals surface area contributed by atoms with Crippen molar-refractivity contribution in [1.82, 2.24) is 10.3 Å². The van der Waals surface area contributed by atoms with Gasteiger partial charge in [0, 0.05) is 28.5 Å². The molecule has 1 N–H and O–H groups in total. The number of hydrogen-bond donors (Lipinski definition) is 1. The van der Waals surface area contributed by atoms with E-state index in [0.717, 1.165) is 45.4 Å². The number of thioether (sulfide) groups is 1. The molecular formula is C14H11N5S2. The Bertz CT molecular complexity index is 761. The first-order valence-electron chi connectivity index (χ1n) is 6.51. The molecule has 1 aromatic heterocycles. The number of thiazole rings is 1. The lowest BCUT2D eigenvalue weighted by Crippen LogP contribution is -2.23. The first kappa shape index (κ1) is 12.7. The van der Waals surface area contributed by atoms with E-state index in [9.17, 15) is 0 Å². The molecule has 2 aliphatic heterocycles. The first-order chi connectivity index (χ1) is 10.4. The lowest BCUT2D eigenvalue weighted by molar-refractivity contribution is 1.17. The highest BCUT2D eigenvalue weighted by molar-refractivity contribution is 8.14. The summed E-state index contributed by atoms with van der Waals surface area (Å²) < 4.78 is 0. The molecule has 0 radical (unpaired) electrons. The van der Waals surface area contributed by atoms with Crippen molar-refractivity contribution >= 4 is 45.1 Å². The molecule has 2 aliphatic rings. The maximum atomic E-state index is 4.62. The van der Waals surface area contributed by atoms with Gasteiger partial charge in [-0.2, -0.15) is 0 Å². The van der Waals surface area contributed by atoms with Gasteiger partial charge in [0.25, 0.3) is 0 Å². The number of nitrogens with one attached hydrogen (secondary N) is 1. The van der Waals surface area contributed by atoms with Crippen LogP contribution in [0.1, 0.15) is 11.1 Å². The third-order valence-corrected chi connectivity index (χ3v) is 4.61. The Balaban J connectivity index is 1.76. The lowest BCUT2D eigenvalue weighted by Gasteiger charge is -1.98. The van der Waals surface area contributed by atoms with Crippen LogP contribution in [-0.2, 0) is 0 Å². The summed E-state index contributed by atoms with van der Waals surface area (Å²) in [6, 6.07) is 8.10. The number of rotatable bonds is 1. The molecule has 0 atom stereocenters. The molecule has 7 heteroatoms. The van der Waals surface area contributed by atoms with Gasteiger partial charge in [0.05, 0.1) is 6.54 Å². The van der Waals surface area contributed by atoms with Gasteiger partial charge in [-0.3, -0.25) is 4.99 Å². The van der Waals surface area contributed by atoms with E-state index in [0.29, 0.717) is 0 Å². The Morgan fingerprint density at radius 3 is 2.57 bits per heavy atom. The Kier molecular flexibility index (Phi) is 3.28. The molecule has 0 bridgehead atoms. The summed E-state index contributed by atoms with van der Waals surface area (Å²) in [5.74, 6) is 2.62. The maximum absolute atomic E-state index is 4.62. The van der Waals surface area contributed by atoms with Crippen LogP contribution in [0.25, 0.3) is 0 Å². The van der Waals surface area contributed by atoms with Crippen LogP contribution in [0.5, 0.6) is 0 Å². The summed E-state index contributed by atoms with van der Waals surface area (Å²) in [5.41, 5.74) is 2.11. The van der Waals surface area contributed by atoms with Crippen LogP contribution in [0, 0.1) is 0 Å². The molecule has 0 unspecified atom stereocenters. The summed E-state index contributed by atoms with van der Waals surface area (Å²) in [6.45, 7) is 0.846. The Labute approximate surface area is 130 Å². The summed E-state index contributed by atoms with van der Waals surface area (Å²) in [6.07, 6.45) is 1.75. The van der Waals surface area contributed by atoms with E-state index in [2.05, 4.69) is 25.3 Å². The molecule has 0 aliphatic carbocycles. The average Bonchev–Trinajstić information content (AvgIpc) is 3.23. The van der Waals surface area contributed by atoms with E-state index in [1.165, 1.54) is 11.3 Å². The molecule has 5 nitrogen and oxygen atoms in total. The van der Waals surface area contributed by atoms with Gasteiger partial charge in [-0.15, -0.1) is 11.3 Å². The minimum Gasteiger partial charge on any atom is -0.324 e. The molecule has 0 amide bonds. The third-order valence-electron chi connectivity index (χ3n) is 3.08. The summed E-state index contributed by atoms with van der Waals surface area (Å²) in [7, 11) is 0. The number of nitrogens with zero attached hydrogens (tertiary/aromatic N) is 4. The second-order valence-electron chi connectivity index (χ2n) is 4.42. The average molecular weight is 313 g/mol. The Morgan fingerprint density at radius 2 is 1.90 bits per heavy atom. The number of aliphatic imine (C=N–C) groups is 3. The van der Waals surface area contributed by atoms with Crippen molar-refractivity contribution in [3.63, 3.8) is 0 Å². The molecule has 104 valence electrons. The van der Waals surface area contributed by atoms with E-state index < -0.39 is 0 Å². The van der Waals surface area contributed by atoms with Crippen LogP contribution in [0.4, 0.5) is 5.13 Å². The van der Waals surface area contributed by atoms with Crippen LogP contribution in [0.15, 0.2) is 50.8 Å². The molecular weight excluding hydrogens is 302 g/mol. The predicted octanol–water partition coefficient (Wildman–Crippen LogP) is 2.67. The SMILES string of the molecule is c1ccc2c(c1)/C(=N/C1=NCCS1)N/C2=N\c1nccs1. The molecule has 2 aromatic rings. The highest BCUT2D eigenvalue weighted by Crippen LogP contribution is 2.22. The van der Waals surface area contributed by atoms with Crippen molar-refractivity contribution in [2.75, 3.05) is 12.3 Å². The number of fused-ring (bicyclic) bond motifs is 1. The fourth-order valence-corrected chi connectivity index (χ4v) is 3.39. The van der Waals surface area contributed by atoms with E-state index in [1.54, 1.807) is 18.0 Å². The first-order valence-corrected chi connectivity index (χ1v) is 8.37. The topological polar surface area (TPSA) is 62.0 Å². The minimum atomic E-state index is 0.737. The Hall–Kier alpha value is -1.99. The molecule has 0 saturated heterocycles. The van der Waals surface area contributed by atoms with Crippen molar-refractivity contribution in [2.24, 2.45) is 15.0 Å². The van der Waals surface area contributed by atoms with E-state index in [1.807, 2.05) is 29.6 Å². The zero-order valence-corrected chi connectivity index (χ0v) is 12.6. The third kappa shape index (κ3) is 2.50. The quantitative estimate of drug-likeness (QED) is 0.880. The number of aromatic nitrogens is 1. The monoisotopic (exact) mass is 313 g/mol. The minimum absolute atomic E-state index is 0.737. The van der Waals surface area contributed by atoms with Gasteiger partial charge in [0.2, 0.25) is 5.13 Å². The number of hydrogen-bond acceptors (Lipinski definition) is 6. The normalized spacial score (nSPS) is 20.7. The van der Waals surface area contributed by atoms with Gasteiger partial charge in [-0.05, 0) is 0 Å². The lowest BCUT2D eigenvalue weighted by atomic mass is 10.1. The number of benzene rings is 1. The van der Waals surface area contributed by atoms with Crippen LogP contribution in [-0.4, -0.2) is 34.1 Å². The molecule has 4 rings (SSSR count). The van der Waals surface area contributed by atoms with E-state index >= 15 is 0 Å². The van der Waals surface area contributed by atoms with Crippen molar-refractivity contribution in [3.8, 4) is 0 Å². The van der Waals surface area contributed by atoms with Crippen molar-refractivity contribution in [2.45, 2.75) is 0 Å². The fraction of sp³-hybridized carbons (Fsp3) is 0.143. The van der Waals surface area contributed by atoms with E-state index in [-0.39, 0.29) is 0 Å². The Morgan fingerprint density at radius 1 is 1.10 bits per heavy atom.